The molecular weight excluding hydrogens is 216 g/mol. The largest absolute Gasteiger partial charge is 0.299 e. The maximum Gasteiger partial charge on any atom is 0.141 e. The van der Waals surface area contributed by atoms with Gasteiger partial charge >= 0.3 is 0 Å². The van der Waals surface area contributed by atoms with E-state index in [1.807, 2.05) is 6.07 Å². The van der Waals surface area contributed by atoms with Crippen molar-refractivity contribution in [2.24, 2.45) is 11.8 Å². The van der Waals surface area contributed by atoms with Gasteiger partial charge in [0.05, 0.1) is 0 Å². The minimum atomic E-state index is 0.348. The summed E-state index contributed by atoms with van der Waals surface area (Å²) in [5.41, 5.74) is 0. The van der Waals surface area contributed by atoms with E-state index in [9.17, 15) is 4.79 Å². The Hall–Kier alpha value is -0.630. The topological polar surface area (TPSA) is 17.1 Å². The normalized spacial score (nSPS) is 25.6. The lowest BCUT2D eigenvalue weighted by Crippen LogP contribution is -2.27. The van der Waals surface area contributed by atoms with Crippen molar-refractivity contribution in [2.45, 2.75) is 45.4 Å². The zero-order valence-corrected chi connectivity index (χ0v) is 10.8. The van der Waals surface area contributed by atoms with Crippen molar-refractivity contribution >= 4 is 17.1 Å². The molecule has 1 fully saturated rings. The standard InChI is InChI=1S/C14H20OS/c1-2-11-6-3-4-8-13(11)14(15)10-12-7-5-9-16-12/h5,7,9,11,13H,2-4,6,8,10H2,1H3. The number of thiophene rings is 1. The van der Waals surface area contributed by atoms with Crippen molar-refractivity contribution in [1.29, 1.82) is 0 Å². The first-order valence-electron chi connectivity index (χ1n) is 6.36. The molecule has 0 bridgehead atoms. The van der Waals surface area contributed by atoms with Crippen LogP contribution in [0.5, 0.6) is 0 Å². The van der Waals surface area contributed by atoms with E-state index in [1.54, 1.807) is 11.3 Å². The van der Waals surface area contributed by atoms with Crippen molar-refractivity contribution in [3.8, 4) is 0 Å². The summed E-state index contributed by atoms with van der Waals surface area (Å²) in [7, 11) is 0. The molecule has 88 valence electrons. The fraction of sp³-hybridized carbons (Fsp3) is 0.643. The maximum atomic E-state index is 12.2. The molecule has 1 saturated carbocycles. The number of hydrogen-bond acceptors (Lipinski definition) is 2. The summed E-state index contributed by atoms with van der Waals surface area (Å²) in [6, 6.07) is 4.11. The summed E-state index contributed by atoms with van der Waals surface area (Å²) in [6.45, 7) is 2.22. The van der Waals surface area contributed by atoms with Crippen molar-refractivity contribution < 1.29 is 4.79 Å². The maximum absolute atomic E-state index is 12.2. The smallest absolute Gasteiger partial charge is 0.141 e. The van der Waals surface area contributed by atoms with Gasteiger partial charge in [-0.2, -0.15) is 0 Å². The third-order valence-corrected chi connectivity index (χ3v) is 4.65. The van der Waals surface area contributed by atoms with E-state index in [4.69, 9.17) is 0 Å². The third-order valence-electron chi connectivity index (χ3n) is 3.78. The van der Waals surface area contributed by atoms with Crippen LogP contribution in [0.25, 0.3) is 0 Å². The third kappa shape index (κ3) is 2.73. The predicted molar refractivity (Wildman–Crippen MR) is 68.8 cm³/mol. The summed E-state index contributed by atoms with van der Waals surface area (Å²) < 4.78 is 0. The van der Waals surface area contributed by atoms with Crippen LogP contribution in [-0.4, -0.2) is 5.78 Å². The van der Waals surface area contributed by atoms with Crippen LogP contribution < -0.4 is 0 Å². The van der Waals surface area contributed by atoms with E-state index in [-0.39, 0.29) is 0 Å². The van der Waals surface area contributed by atoms with Gasteiger partial charge in [0.15, 0.2) is 0 Å². The fourth-order valence-electron chi connectivity index (χ4n) is 2.84. The van der Waals surface area contributed by atoms with E-state index >= 15 is 0 Å². The van der Waals surface area contributed by atoms with Crippen molar-refractivity contribution in [2.75, 3.05) is 0 Å². The van der Waals surface area contributed by atoms with Gasteiger partial charge < -0.3 is 0 Å². The van der Waals surface area contributed by atoms with Gasteiger partial charge in [0, 0.05) is 17.2 Å². The van der Waals surface area contributed by atoms with Crippen molar-refractivity contribution in [3.05, 3.63) is 22.4 Å². The second-order valence-corrected chi connectivity index (χ2v) is 5.81. The van der Waals surface area contributed by atoms with Gasteiger partial charge in [-0.25, -0.2) is 0 Å². The molecule has 1 heterocycles. The summed E-state index contributed by atoms with van der Waals surface area (Å²) in [5.74, 6) is 1.48. The Balaban J connectivity index is 1.97. The van der Waals surface area contributed by atoms with Gasteiger partial charge in [-0.1, -0.05) is 32.3 Å². The first-order chi connectivity index (χ1) is 7.81. The number of Topliss-reactive ketones (excluding diaryl/α,β-unsaturated/α-hetero) is 1. The highest BCUT2D eigenvalue weighted by Gasteiger charge is 2.29. The molecule has 0 aromatic carbocycles. The predicted octanol–water partition coefficient (Wildman–Crippen LogP) is 4.08. The van der Waals surface area contributed by atoms with Gasteiger partial charge in [-0.15, -0.1) is 11.3 Å². The number of ketones is 1. The second-order valence-electron chi connectivity index (χ2n) is 4.78. The molecule has 2 unspecified atom stereocenters. The zero-order valence-electron chi connectivity index (χ0n) is 9.95. The molecule has 1 aliphatic rings. The monoisotopic (exact) mass is 236 g/mol. The number of rotatable bonds is 4. The van der Waals surface area contributed by atoms with Crippen LogP contribution in [-0.2, 0) is 11.2 Å². The molecule has 1 nitrogen and oxygen atoms in total. The van der Waals surface area contributed by atoms with Gasteiger partial charge in [0.2, 0.25) is 0 Å². The molecule has 0 saturated heterocycles. The van der Waals surface area contributed by atoms with E-state index in [0.717, 1.165) is 6.42 Å². The highest BCUT2D eigenvalue weighted by molar-refractivity contribution is 7.10. The van der Waals surface area contributed by atoms with Gasteiger partial charge in [-0.3, -0.25) is 4.79 Å². The fourth-order valence-corrected chi connectivity index (χ4v) is 3.55. The van der Waals surface area contributed by atoms with E-state index in [1.165, 1.54) is 30.6 Å². The Morgan fingerprint density at radius 1 is 1.44 bits per heavy atom. The Bertz CT molecular complexity index is 329. The van der Waals surface area contributed by atoms with Crippen LogP contribution in [0, 0.1) is 11.8 Å². The van der Waals surface area contributed by atoms with Crippen molar-refractivity contribution in [1.82, 2.24) is 0 Å². The molecule has 0 radical (unpaired) electrons. The van der Waals surface area contributed by atoms with Crippen LogP contribution in [0.15, 0.2) is 17.5 Å². The minimum absolute atomic E-state index is 0.348. The molecule has 0 aliphatic heterocycles. The first-order valence-corrected chi connectivity index (χ1v) is 7.24. The van der Waals surface area contributed by atoms with E-state index in [0.29, 0.717) is 24.0 Å². The molecule has 16 heavy (non-hydrogen) atoms. The van der Waals surface area contributed by atoms with Crippen LogP contribution in [0.3, 0.4) is 0 Å². The number of carbonyl (C=O) groups is 1. The lowest BCUT2D eigenvalue weighted by molar-refractivity contribution is -0.124. The summed E-state index contributed by atoms with van der Waals surface area (Å²) in [4.78, 5) is 13.5. The Labute approximate surface area is 102 Å². The highest BCUT2D eigenvalue weighted by atomic mass is 32.1. The molecule has 0 spiro atoms. The van der Waals surface area contributed by atoms with Crippen LogP contribution in [0.4, 0.5) is 0 Å². The molecule has 2 heteroatoms. The highest BCUT2D eigenvalue weighted by Crippen LogP contribution is 2.33. The number of hydrogen-bond donors (Lipinski definition) is 0. The Kier molecular flexibility index (Phi) is 4.16. The lowest BCUT2D eigenvalue weighted by atomic mass is 9.75. The molecular formula is C14H20OS. The van der Waals surface area contributed by atoms with E-state index < -0.39 is 0 Å². The Morgan fingerprint density at radius 3 is 2.94 bits per heavy atom. The van der Waals surface area contributed by atoms with E-state index in [2.05, 4.69) is 18.4 Å². The zero-order chi connectivity index (χ0) is 11.4. The Morgan fingerprint density at radius 2 is 2.25 bits per heavy atom. The minimum Gasteiger partial charge on any atom is -0.299 e. The average molecular weight is 236 g/mol. The SMILES string of the molecule is CCC1CCCCC1C(=O)Cc1cccs1. The quantitative estimate of drug-likeness (QED) is 0.770. The summed E-state index contributed by atoms with van der Waals surface area (Å²) in [6.07, 6.45) is 6.79. The molecule has 2 rings (SSSR count). The summed E-state index contributed by atoms with van der Waals surface area (Å²) >= 11 is 1.70. The number of carbonyl (C=O) groups excluding carboxylic acids is 1. The molecule has 1 aliphatic carbocycles. The van der Waals surface area contributed by atoms with Crippen LogP contribution in [0.1, 0.15) is 43.9 Å². The molecule has 1 aromatic heterocycles. The first kappa shape index (κ1) is 11.8. The molecule has 0 amide bonds. The molecule has 1 aromatic rings. The van der Waals surface area contributed by atoms with Crippen LogP contribution in [0.2, 0.25) is 0 Å². The van der Waals surface area contributed by atoms with Crippen molar-refractivity contribution in [3.63, 3.8) is 0 Å². The molecule has 2 atom stereocenters. The van der Waals surface area contributed by atoms with Gasteiger partial charge in [-0.05, 0) is 30.2 Å². The van der Waals surface area contributed by atoms with Gasteiger partial charge in [0.25, 0.3) is 0 Å². The molecule has 0 N–H and O–H groups in total. The lowest BCUT2D eigenvalue weighted by Gasteiger charge is -2.29. The van der Waals surface area contributed by atoms with Gasteiger partial charge in [0.1, 0.15) is 5.78 Å². The average Bonchev–Trinajstić information content (AvgIpc) is 2.81. The second kappa shape index (κ2) is 5.62. The van der Waals surface area contributed by atoms with Crippen LogP contribution >= 0.6 is 11.3 Å². The summed E-state index contributed by atoms with van der Waals surface area (Å²) in [5, 5.41) is 2.06.